The first kappa shape index (κ1) is 15.9. The lowest BCUT2D eigenvalue weighted by atomic mass is 10.2. The Morgan fingerprint density at radius 3 is 2.32 bits per heavy atom. The molecule has 0 spiro atoms. The molecule has 22 heavy (non-hydrogen) atoms. The molecule has 1 heterocycles. The van der Waals surface area contributed by atoms with E-state index in [0.29, 0.717) is 0 Å². The number of rotatable bonds is 3. The Morgan fingerprint density at radius 2 is 1.82 bits per heavy atom. The number of carbonyl (C=O) groups is 4. The van der Waals surface area contributed by atoms with Gasteiger partial charge >= 0.3 is 17.8 Å². The molecule has 3 N–H and O–H groups in total. The van der Waals surface area contributed by atoms with Crippen molar-refractivity contribution in [1.82, 2.24) is 10.4 Å². The van der Waals surface area contributed by atoms with Gasteiger partial charge in [-0.25, -0.2) is 9.80 Å². The van der Waals surface area contributed by atoms with Crippen LogP contribution in [0.4, 0.5) is 5.69 Å². The maximum absolute atomic E-state index is 11.7. The van der Waals surface area contributed by atoms with Gasteiger partial charge < -0.3 is 10.4 Å². The molecule has 1 aliphatic rings. The van der Waals surface area contributed by atoms with E-state index in [1.807, 2.05) is 0 Å². The molecule has 0 bridgehead atoms. The number of thiocarbonyl (C=S) groups is 1. The topological polar surface area (TPSA) is 116 Å². The van der Waals surface area contributed by atoms with Crippen LogP contribution < -0.4 is 10.7 Å². The van der Waals surface area contributed by atoms with Crippen LogP contribution in [-0.2, 0) is 14.4 Å². The summed E-state index contributed by atoms with van der Waals surface area (Å²) in [7, 11) is 0. The molecule has 1 aromatic rings. The van der Waals surface area contributed by atoms with Gasteiger partial charge in [0.05, 0.1) is 11.3 Å². The lowest BCUT2D eigenvalue weighted by molar-refractivity contribution is -0.141. The molecular formula is C12H9N3O5S2. The zero-order valence-corrected chi connectivity index (χ0v) is 12.5. The van der Waals surface area contributed by atoms with Crippen molar-refractivity contribution in [2.24, 2.45) is 0 Å². The minimum atomic E-state index is -1.10. The molecule has 0 atom stereocenters. The number of hydrazine groups is 1. The number of hydrogen-bond donors (Lipinski definition) is 3. The summed E-state index contributed by atoms with van der Waals surface area (Å²) in [5, 5.41) is 11.9. The van der Waals surface area contributed by atoms with Gasteiger partial charge in [-0.3, -0.25) is 19.8 Å². The first-order chi connectivity index (χ1) is 10.4. The van der Waals surface area contributed by atoms with Gasteiger partial charge in [0, 0.05) is 5.69 Å². The standard InChI is InChI=1S/C12H9N3O5S2/c16-8-5-22-12(21)15(8)14-10(18)9(17)13-7-3-1-6(2-4-7)11(19)20/h1-4H,5H2,(H,13,17)(H,14,18)(H,19,20). The van der Waals surface area contributed by atoms with Crippen molar-refractivity contribution in [3.8, 4) is 0 Å². The smallest absolute Gasteiger partial charge is 0.335 e. The number of hydrogen-bond acceptors (Lipinski definition) is 6. The van der Waals surface area contributed by atoms with Crippen LogP contribution in [0.5, 0.6) is 0 Å². The molecule has 0 aromatic heterocycles. The third-order valence-corrected chi connectivity index (χ3v) is 3.92. The second kappa shape index (κ2) is 6.54. The number of carboxylic acids is 1. The zero-order chi connectivity index (χ0) is 16.3. The highest BCUT2D eigenvalue weighted by molar-refractivity contribution is 8.23. The zero-order valence-electron chi connectivity index (χ0n) is 10.9. The van der Waals surface area contributed by atoms with Crippen molar-refractivity contribution < 1.29 is 24.3 Å². The van der Waals surface area contributed by atoms with Crippen LogP contribution in [0.15, 0.2) is 24.3 Å². The van der Waals surface area contributed by atoms with E-state index in [9.17, 15) is 19.2 Å². The monoisotopic (exact) mass is 339 g/mol. The van der Waals surface area contributed by atoms with Crippen molar-refractivity contribution in [1.29, 1.82) is 0 Å². The molecule has 3 amide bonds. The molecule has 2 rings (SSSR count). The molecule has 0 radical (unpaired) electrons. The van der Waals surface area contributed by atoms with E-state index in [1.165, 1.54) is 24.3 Å². The highest BCUT2D eigenvalue weighted by atomic mass is 32.2. The molecule has 114 valence electrons. The number of thioether (sulfide) groups is 1. The van der Waals surface area contributed by atoms with E-state index in [2.05, 4.69) is 10.7 Å². The quantitative estimate of drug-likeness (QED) is 0.533. The molecule has 10 heteroatoms. The molecule has 8 nitrogen and oxygen atoms in total. The van der Waals surface area contributed by atoms with Crippen molar-refractivity contribution >= 4 is 57.7 Å². The fraction of sp³-hybridized carbons (Fsp3) is 0.0833. The van der Waals surface area contributed by atoms with E-state index in [4.69, 9.17) is 17.3 Å². The molecule has 1 aliphatic heterocycles. The summed E-state index contributed by atoms with van der Waals surface area (Å²) in [5.74, 6) is -3.47. The van der Waals surface area contributed by atoms with E-state index >= 15 is 0 Å². The van der Waals surface area contributed by atoms with Gasteiger partial charge in [0.15, 0.2) is 4.32 Å². The summed E-state index contributed by atoms with van der Waals surface area (Å²) in [6, 6.07) is 5.25. The molecule has 1 aromatic carbocycles. The minimum absolute atomic E-state index is 0.0486. The Hall–Kier alpha value is -2.46. The van der Waals surface area contributed by atoms with Crippen molar-refractivity contribution in [3.63, 3.8) is 0 Å². The van der Waals surface area contributed by atoms with Crippen LogP contribution in [-0.4, -0.2) is 43.9 Å². The number of nitrogens with zero attached hydrogens (tertiary/aromatic N) is 1. The van der Waals surface area contributed by atoms with Crippen molar-refractivity contribution in [2.75, 3.05) is 11.1 Å². The summed E-state index contributed by atoms with van der Waals surface area (Å²) >= 11 is 5.94. The minimum Gasteiger partial charge on any atom is -0.478 e. The number of aromatic carboxylic acids is 1. The molecular weight excluding hydrogens is 330 g/mol. The molecule has 0 saturated carbocycles. The normalized spacial score (nSPS) is 13.9. The predicted octanol–water partition coefficient (Wildman–Crippen LogP) is 0.215. The average Bonchev–Trinajstić information content (AvgIpc) is 2.79. The van der Waals surface area contributed by atoms with E-state index in [-0.39, 0.29) is 21.3 Å². The summed E-state index contributed by atoms with van der Waals surface area (Å²) in [6.07, 6.45) is 0. The highest BCUT2D eigenvalue weighted by Crippen LogP contribution is 2.16. The van der Waals surface area contributed by atoms with E-state index in [1.54, 1.807) is 0 Å². The van der Waals surface area contributed by atoms with Crippen LogP contribution in [0.25, 0.3) is 0 Å². The Kier molecular flexibility index (Phi) is 4.73. The maximum Gasteiger partial charge on any atom is 0.335 e. The molecule has 0 unspecified atom stereocenters. The van der Waals surface area contributed by atoms with Gasteiger partial charge in [0.25, 0.3) is 5.91 Å². The highest BCUT2D eigenvalue weighted by Gasteiger charge is 2.30. The van der Waals surface area contributed by atoms with Crippen LogP contribution in [0, 0.1) is 0 Å². The Morgan fingerprint density at radius 1 is 1.18 bits per heavy atom. The Bertz CT molecular complexity index is 658. The Labute approximate surface area is 133 Å². The fourth-order valence-electron chi connectivity index (χ4n) is 1.50. The van der Waals surface area contributed by atoms with Crippen LogP contribution in [0.2, 0.25) is 0 Å². The largest absolute Gasteiger partial charge is 0.478 e. The van der Waals surface area contributed by atoms with Crippen molar-refractivity contribution in [3.05, 3.63) is 29.8 Å². The second-order valence-electron chi connectivity index (χ2n) is 4.06. The molecule has 1 saturated heterocycles. The first-order valence-corrected chi connectivity index (χ1v) is 7.23. The van der Waals surface area contributed by atoms with Gasteiger partial charge in [-0.1, -0.05) is 24.0 Å². The third-order valence-electron chi connectivity index (χ3n) is 2.56. The van der Waals surface area contributed by atoms with Gasteiger partial charge in [-0.15, -0.1) is 0 Å². The summed E-state index contributed by atoms with van der Waals surface area (Å²) in [4.78, 5) is 45.5. The summed E-state index contributed by atoms with van der Waals surface area (Å²) < 4.78 is 0.164. The summed E-state index contributed by atoms with van der Waals surface area (Å²) in [6.45, 7) is 0. The van der Waals surface area contributed by atoms with Gasteiger partial charge in [0.1, 0.15) is 0 Å². The SMILES string of the molecule is O=C(Nc1ccc(C(=O)O)cc1)C(=O)NN1C(=O)CSC1=S. The lowest BCUT2D eigenvalue weighted by Gasteiger charge is -2.15. The Balaban J connectivity index is 1.96. The van der Waals surface area contributed by atoms with Crippen LogP contribution in [0.1, 0.15) is 10.4 Å². The van der Waals surface area contributed by atoms with Crippen LogP contribution in [0.3, 0.4) is 0 Å². The second-order valence-corrected chi connectivity index (χ2v) is 5.67. The number of anilines is 1. The average molecular weight is 339 g/mol. The van der Waals surface area contributed by atoms with Gasteiger partial charge in [-0.05, 0) is 24.3 Å². The van der Waals surface area contributed by atoms with Gasteiger partial charge in [-0.2, -0.15) is 0 Å². The number of carboxylic acid groups (broad SMARTS) is 1. The molecule has 1 fully saturated rings. The number of benzene rings is 1. The van der Waals surface area contributed by atoms with Crippen LogP contribution >= 0.6 is 24.0 Å². The lowest BCUT2D eigenvalue weighted by Crippen LogP contribution is -2.49. The number of carbonyl (C=O) groups excluding carboxylic acids is 3. The van der Waals surface area contributed by atoms with E-state index < -0.39 is 23.7 Å². The summed E-state index contributed by atoms with van der Waals surface area (Å²) in [5.41, 5.74) is 2.40. The van der Waals surface area contributed by atoms with Gasteiger partial charge in [0.2, 0.25) is 0 Å². The predicted molar refractivity (Wildman–Crippen MR) is 82.1 cm³/mol. The first-order valence-electron chi connectivity index (χ1n) is 5.83. The third kappa shape index (κ3) is 3.59. The number of nitrogens with one attached hydrogen (secondary N) is 2. The van der Waals surface area contributed by atoms with Crippen molar-refractivity contribution in [2.45, 2.75) is 0 Å². The maximum atomic E-state index is 11.7. The molecule has 0 aliphatic carbocycles. The number of amides is 3. The van der Waals surface area contributed by atoms with E-state index in [0.717, 1.165) is 16.8 Å². The fourth-order valence-corrected chi connectivity index (χ4v) is 2.48.